The molecule has 7 heteroatoms. The van der Waals surface area contributed by atoms with Gasteiger partial charge in [-0.1, -0.05) is 45.9 Å². The number of hydrogen-bond acceptors (Lipinski definition) is 4. The molecule has 1 aromatic rings. The van der Waals surface area contributed by atoms with Gasteiger partial charge in [0.15, 0.2) is 5.96 Å². The fourth-order valence-electron chi connectivity index (χ4n) is 4.89. The van der Waals surface area contributed by atoms with E-state index in [1.807, 2.05) is 38.1 Å². The second-order valence-electron chi connectivity index (χ2n) is 10.0. The Kier molecular flexibility index (Phi) is 5.48. The Bertz CT molecular complexity index is 873. The van der Waals surface area contributed by atoms with E-state index in [-0.39, 0.29) is 46.6 Å². The monoisotopic (exact) mass is 426 g/mol. The Morgan fingerprint density at radius 1 is 1.29 bits per heavy atom. The molecule has 7 nitrogen and oxygen atoms in total. The van der Waals surface area contributed by atoms with Crippen LogP contribution in [0.15, 0.2) is 24.3 Å². The molecule has 3 N–H and O–H groups in total. The first-order chi connectivity index (χ1) is 14.7. The summed E-state index contributed by atoms with van der Waals surface area (Å²) in [6.07, 6.45) is 2.77. The average Bonchev–Trinajstić information content (AvgIpc) is 3.52. The molecule has 3 atom stereocenters. The minimum atomic E-state index is -0.312. The van der Waals surface area contributed by atoms with Gasteiger partial charge in [-0.15, -0.1) is 0 Å². The molecule has 2 fully saturated rings. The molecule has 0 radical (unpaired) electrons. The first-order valence-electron chi connectivity index (χ1n) is 11.4. The average molecular weight is 427 g/mol. The van der Waals surface area contributed by atoms with Crippen molar-refractivity contribution in [3.05, 3.63) is 29.8 Å². The predicted octanol–water partition coefficient (Wildman–Crippen LogP) is 3.21. The second kappa shape index (κ2) is 7.84. The van der Waals surface area contributed by atoms with Crippen molar-refractivity contribution in [2.75, 3.05) is 13.2 Å². The maximum Gasteiger partial charge on any atom is 0.231 e. The number of nitrogens with zero attached hydrogens (tertiary/aromatic N) is 1. The number of para-hydroxylation sites is 1. The Morgan fingerprint density at radius 3 is 2.68 bits per heavy atom. The van der Waals surface area contributed by atoms with E-state index in [2.05, 4.69) is 24.5 Å². The van der Waals surface area contributed by atoms with Crippen LogP contribution in [0, 0.1) is 22.7 Å². The van der Waals surface area contributed by atoms with E-state index in [4.69, 9.17) is 10.1 Å². The van der Waals surface area contributed by atoms with Crippen molar-refractivity contribution >= 4 is 17.8 Å². The maximum atomic E-state index is 13.1. The van der Waals surface area contributed by atoms with Crippen molar-refractivity contribution in [2.24, 2.45) is 17.3 Å². The molecule has 0 aromatic heterocycles. The first-order valence-corrected chi connectivity index (χ1v) is 11.4. The van der Waals surface area contributed by atoms with Gasteiger partial charge in [0.1, 0.15) is 5.75 Å². The van der Waals surface area contributed by atoms with Crippen LogP contribution in [0.4, 0.5) is 0 Å². The molecule has 168 valence electrons. The minimum Gasteiger partial charge on any atom is -0.493 e. The molecule has 2 aliphatic heterocycles. The molecule has 1 saturated heterocycles. The van der Waals surface area contributed by atoms with Crippen molar-refractivity contribution in [1.82, 2.24) is 15.5 Å². The molecule has 2 amide bonds. The number of nitrogens with one attached hydrogen (secondary N) is 3. The number of rotatable bonds is 6. The topological polar surface area (TPSA) is 94.5 Å². The number of carbonyl (C=O) groups is 2. The molecular weight excluding hydrogens is 392 g/mol. The van der Waals surface area contributed by atoms with Gasteiger partial charge >= 0.3 is 0 Å². The summed E-state index contributed by atoms with van der Waals surface area (Å²) < 4.78 is 5.88. The summed E-state index contributed by atoms with van der Waals surface area (Å²) in [5.41, 5.74) is 0.483. The minimum absolute atomic E-state index is 0.0157. The van der Waals surface area contributed by atoms with Gasteiger partial charge in [-0.25, -0.2) is 0 Å². The van der Waals surface area contributed by atoms with Crippen LogP contribution in [0.3, 0.4) is 0 Å². The summed E-state index contributed by atoms with van der Waals surface area (Å²) >= 11 is 0. The van der Waals surface area contributed by atoms with Gasteiger partial charge in [0, 0.05) is 29.0 Å². The Balaban J connectivity index is 1.39. The third-order valence-electron chi connectivity index (χ3n) is 7.37. The molecule has 4 rings (SSSR count). The lowest BCUT2D eigenvalue weighted by atomic mass is 9.79. The summed E-state index contributed by atoms with van der Waals surface area (Å²) in [6, 6.07) is 7.75. The van der Waals surface area contributed by atoms with Crippen molar-refractivity contribution in [3.8, 4) is 5.75 Å². The first kappa shape index (κ1) is 21.7. The number of carbonyl (C=O) groups excluding carboxylic acids is 2. The Hall–Kier alpha value is -2.57. The fraction of sp³-hybridized carbons (Fsp3) is 0.625. The highest BCUT2D eigenvalue weighted by Crippen LogP contribution is 2.45. The van der Waals surface area contributed by atoms with E-state index < -0.39 is 0 Å². The lowest BCUT2D eigenvalue weighted by Crippen LogP contribution is -2.62. The van der Waals surface area contributed by atoms with Crippen molar-refractivity contribution in [1.29, 1.82) is 5.41 Å². The van der Waals surface area contributed by atoms with Crippen LogP contribution in [0.1, 0.15) is 65.0 Å². The van der Waals surface area contributed by atoms with Crippen LogP contribution in [-0.4, -0.2) is 41.4 Å². The number of ether oxygens (including phenoxy) is 1. The van der Waals surface area contributed by atoms with Crippen molar-refractivity contribution in [2.45, 2.75) is 65.0 Å². The lowest BCUT2D eigenvalue weighted by molar-refractivity contribution is -0.131. The summed E-state index contributed by atoms with van der Waals surface area (Å²) in [4.78, 5) is 27.3. The molecule has 1 saturated carbocycles. The Labute approximate surface area is 184 Å². The van der Waals surface area contributed by atoms with Gasteiger partial charge < -0.3 is 15.4 Å². The van der Waals surface area contributed by atoms with Crippen LogP contribution >= 0.6 is 0 Å². The number of benzene rings is 1. The number of fused-ring (bicyclic) bond motifs is 1. The van der Waals surface area contributed by atoms with Crippen LogP contribution in [0.2, 0.25) is 0 Å². The second-order valence-corrected chi connectivity index (χ2v) is 10.0. The quantitative estimate of drug-likeness (QED) is 0.651. The van der Waals surface area contributed by atoms with E-state index in [1.54, 1.807) is 0 Å². The van der Waals surface area contributed by atoms with Crippen molar-refractivity contribution < 1.29 is 14.3 Å². The zero-order valence-electron chi connectivity index (χ0n) is 19.0. The van der Waals surface area contributed by atoms with E-state index >= 15 is 0 Å². The Morgan fingerprint density at radius 2 is 2.00 bits per heavy atom. The van der Waals surface area contributed by atoms with Crippen LogP contribution in [-0.2, 0) is 9.59 Å². The van der Waals surface area contributed by atoms with Gasteiger partial charge in [0.2, 0.25) is 11.8 Å². The van der Waals surface area contributed by atoms with E-state index in [0.717, 1.165) is 30.6 Å². The predicted molar refractivity (Wildman–Crippen MR) is 119 cm³/mol. The van der Waals surface area contributed by atoms with E-state index in [1.165, 1.54) is 4.90 Å². The van der Waals surface area contributed by atoms with Gasteiger partial charge in [-0.3, -0.25) is 19.9 Å². The van der Waals surface area contributed by atoms with Gasteiger partial charge in [0.25, 0.3) is 0 Å². The van der Waals surface area contributed by atoms with E-state index in [9.17, 15) is 9.59 Å². The standard InChI is InChI=1S/C24H34N4O3/c1-5-24(6-2)12-19(29)28(22(25)27-24)13-15-11-17(15)21(30)26-20-16-9-7-8-10-18(16)31-14-23(20,3)4/h7-10,15,17,20H,5-6,11-14H2,1-4H3,(H2,25,27)(H,26,30)/t15-,17+,20+/m0/s1. The fourth-order valence-corrected chi connectivity index (χ4v) is 4.89. The third-order valence-corrected chi connectivity index (χ3v) is 7.37. The SMILES string of the molecule is CCC1(CC)CC(=O)N(C[C@@H]2C[C@H]2C(=O)N[C@@H]2c3ccccc3OCC2(C)C)C(=N)N1. The molecule has 0 unspecified atom stereocenters. The molecule has 2 heterocycles. The summed E-state index contributed by atoms with van der Waals surface area (Å²) in [5.74, 6) is 0.993. The molecule has 1 aromatic carbocycles. The van der Waals surface area contributed by atoms with Crippen LogP contribution in [0.25, 0.3) is 0 Å². The van der Waals surface area contributed by atoms with E-state index in [0.29, 0.717) is 19.6 Å². The highest BCUT2D eigenvalue weighted by Gasteiger charge is 2.49. The summed E-state index contributed by atoms with van der Waals surface area (Å²) in [7, 11) is 0. The molecule has 31 heavy (non-hydrogen) atoms. The smallest absolute Gasteiger partial charge is 0.231 e. The number of guanidine groups is 1. The summed E-state index contributed by atoms with van der Waals surface area (Å²) in [5, 5.41) is 14.9. The van der Waals surface area contributed by atoms with Gasteiger partial charge in [-0.2, -0.15) is 0 Å². The molecular formula is C24H34N4O3. The normalized spacial score (nSPS) is 28.3. The van der Waals surface area contributed by atoms with Gasteiger partial charge in [0.05, 0.1) is 19.1 Å². The maximum absolute atomic E-state index is 13.1. The third kappa shape index (κ3) is 4.02. The van der Waals surface area contributed by atoms with Gasteiger partial charge in [-0.05, 0) is 31.2 Å². The molecule has 1 aliphatic carbocycles. The van der Waals surface area contributed by atoms with Crippen LogP contribution < -0.4 is 15.4 Å². The zero-order valence-corrected chi connectivity index (χ0v) is 19.0. The highest BCUT2D eigenvalue weighted by atomic mass is 16.5. The summed E-state index contributed by atoms with van der Waals surface area (Å²) in [6.45, 7) is 9.27. The zero-order chi connectivity index (χ0) is 22.4. The van der Waals surface area contributed by atoms with Crippen LogP contribution in [0.5, 0.6) is 5.75 Å². The molecule has 3 aliphatic rings. The number of hydrogen-bond donors (Lipinski definition) is 3. The highest BCUT2D eigenvalue weighted by molar-refractivity contribution is 5.99. The molecule has 0 spiro atoms. The molecule has 0 bridgehead atoms. The van der Waals surface area contributed by atoms with Crippen molar-refractivity contribution in [3.63, 3.8) is 0 Å². The largest absolute Gasteiger partial charge is 0.493 e. The number of amides is 2. The lowest BCUT2D eigenvalue weighted by Gasteiger charge is -2.42.